The number of nitrogens with zero attached hydrogens (tertiary/aromatic N) is 1. The highest BCUT2D eigenvalue weighted by molar-refractivity contribution is 8.00. The Hall–Kier alpha value is -1.59. The molecule has 19 heavy (non-hydrogen) atoms. The number of rotatable bonds is 5. The average molecular weight is 276 g/mol. The molecule has 0 radical (unpaired) electrons. The minimum Gasteiger partial charge on any atom is -0.392 e. The number of aliphatic hydroxyl groups is 1. The van der Waals surface area contributed by atoms with Gasteiger partial charge in [-0.15, -0.1) is 0 Å². The highest BCUT2D eigenvalue weighted by Crippen LogP contribution is 2.24. The highest BCUT2D eigenvalue weighted by atomic mass is 32.2. The van der Waals surface area contributed by atoms with Gasteiger partial charge in [-0.1, -0.05) is 36.0 Å². The van der Waals surface area contributed by atoms with E-state index in [0.717, 1.165) is 15.8 Å². The van der Waals surface area contributed by atoms with E-state index >= 15 is 0 Å². The Labute approximate surface area is 116 Å². The smallest absolute Gasteiger partial charge is 0.230 e. The Morgan fingerprint density at radius 3 is 3.00 bits per heavy atom. The summed E-state index contributed by atoms with van der Waals surface area (Å²) < 4.78 is 0. The quantitative estimate of drug-likeness (QED) is 0.818. The van der Waals surface area contributed by atoms with Crippen LogP contribution in [0.5, 0.6) is 0 Å². The van der Waals surface area contributed by atoms with Crippen molar-refractivity contribution in [3.8, 4) is 0 Å². The largest absolute Gasteiger partial charge is 0.392 e. The van der Waals surface area contributed by atoms with Crippen LogP contribution < -0.4 is 5.32 Å². The van der Waals surface area contributed by atoms with Crippen molar-refractivity contribution in [3.63, 3.8) is 0 Å². The van der Waals surface area contributed by atoms with E-state index < -0.39 is 6.10 Å². The molecule has 1 heterocycles. The van der Waals surface area contributed by atoms with Gasteiger partial charge in [0.05, 0.1) is 11.9 Å². The lowest BCUT2D eigenvalue weighted by Gasteiger charge is -2.07. The lowest BCUT2D eigenvalue weighted by atomic mass is 10.2. The van der Waals surface area contributed by atoms with Crippen LogP contribution in [-0.2, 0) is 4.79 Å². The van der Waals surface area contributed by atoms with Gasteiger partial charge in [0, 0.05) is 18.1 Å². The molecule has 5 heteroatoms. The van der Waals surface area contributed by atoms with E-state index in [-0.39, 0.29) is 12.5 Å². The van der Waals surface area contributed by atoms with Gasteiger partial charge in [0.2, 0.25) is 5.91 Å². The summed E-state index contributed by atoms with van der Waals surface area (Å²) in [6, 6.07) is 9.91. The Balaban J connectivity index is 2.00. The van der Waals surface area contributed by atoms with E-state index in [1.807, 2.05) is 30.3 Å². The Morgan fingerprint density at radius 1 is 1.42 bits per heavy atom. The van der Waals surface area contributed by atoms with Crippen molar-refractivity contribution in [2.75, 3.05) is 12.3 Å². The number of benzene rings is 1. The van der Waals surface area contributed by atoms with Gasteiger partial charge in [-0.3, -0.25) is 4.79 Å². The van der Waals surface area contributed by atoms with Gasteiger partial charge < -0.3 is 10.4 Å². The molecule has 1 unspecified atom stereocenters. The van der Waals surface area contributed by atoms with E-state index in [9.17, 15) is 4.79 Å². The first-order valence-electron chi connectivity index (χ1n) is 6.08. The molecule has 100 valence electrons. The molecule has 4 nitrogen and oxygen atoms in total. The maximum absolute atomic E-state index is 11.6. The van der Waals surface area contributed by atoms with Crippen molar-refractivity contribution in [3.05, 3.63) is 36.5 Å². The zero-order chi connectivity index (χ0) is 13.7. The molecule has 0 saturated carbocycles. The summed E-state index contributed by atoms with van der Waals surface area (Å²) in [6.45, 7) is 1.92. The third kappa shape index (κ3) is 3.94. The second-order valence-electron chi connectivity index (χ2n) is 4.28. The standard InChI is InChI=1S/C14H16N2O2S/c1-10(17)8-16-13(18)9-19-14-12-5-3-2-4-11(12)6-7-15-14/h2-7,10,17H,8-9H2,1H3,(H,16,18). The van der Waals surface area contributed by atoms with Gasteiger partial charge in [-0.2, -0.15) is 0 Å². The van der Waals surface area contributed by atoms with Crippen molar-refractivity contribution in [2.45, 2.75) is 18.1 Å². The Bertz CT molecular complexity index is 567. The molecule has 2 aromatic rings. The molecular weight excluding hydrogens is 260 g/mol. The molecule has 1 atom stereocenters. The fourth-order valence-corrected chi connectivity index (χ4v) is 2.50. The maximum Gasteiger partial charge on any atom is 0.230 e. The number of hydrogen-bond acceptors (Lipinski definition) is 4. The minimum atomic E-state index is -0.523. The first kappa shape index (κ1) is 13.8. The first-order valence-corrected chi connectivity index (χ1v) is 7.06. The van der Waals surface area contributed by atoms with Crippen LogP contribution in [0.3, 0.4) is 0 Å². The Morgan fingerprint density at radius 2 is 2.21 bits per heavy atom. The van der Waals surface area contributed by atoms with E-state index in [4.69, 9.17) is 5.11 Å². The van der Waals surface area contributed by atoms with Crippen LogP contribution >= 0.6 is 11.8 Å². The number of aliphatic hydroxyl groups excluding tert-OH is 1. The van der Waals surface area contributed by atoms with Crippen LogP contribution in [0.2, 0.25) is 0 Å². The molecule has 0 fully saturated rings. The SMILES string of the molecule is CC(O)CNC(=O)CSc1nccc2ccccc12. The number of fused-ring (bicyclic) bond motifs is 1. The topological polar surface area (TPSA) is 62.2 Å². The monoisotopic (exact) mass is 276 g/mol. The third-order valence-corrected chi connectivity index (χ3v) is 3.58. The number of pyridine rings is 1. The zero-order valence-electron chi connectivity index (χ0n) is 10.7. The molecular formula is C14H16N2O2S. The zero-order valence-corrected chi connectivity index (χ0v) is 11.5. The van der Waals surface area contributed by atoms with Crippen molar-refractivity contribution < 1.29 is 9.90 Å². The summed E-state index contributed by atoms with van der Waals surface area (Å²) in [5, 5.41) is 14.8. The van der Waals surface area contributed by atoms with Crippen LogP contribution in [-0.4, -0.2) is 34.4 Å². The van der Waals surface area contributed by atoms with Gasteiger partial charge in [0.1, 0.15) is 5.03 Å². The maximum atomic E-state index is 11.6. The second kappa shape index (κ2) is 6.54. The molecule has 0 aliphatic rings. The number of nitrogens with one attached hydrogen (secondary N) is 1. The number of amides is 1. The van der Waals surface area contributed by atoms with Gasteiger partial charge >= 0.3 is 0 Å². The number of carbonyl (C=O) groups excluding carboxylic acids is 1. The molecule has 0 bridgehead atoms. The van der Waals surface area contributed by atoms with Gasteiger partial charge in [-0.05, 0) is 18.4 Å². The van der Waals surface area contributed by atoms with E-state index in [1.165, 1.54) is 11.8 Å². The minimum absolute atomic E-state index is 0.0966. The first-order chi connectivity index (χ1) is 9.16. The summed E-state index contributed by atoms with van der Waals surface area (Å²) in [5.41, 5.74) is 0. The normalized spacial score (nSPS) is 12.3. The van der Waals surface area contributed by atoms with Crippen LogP contribution in [0.25, 0.3) is 10.8 Å². The van der Waals surface area contributed by atoms with Crippen LogP contribution in [0.15, 0.2) is 41.6 Å². The molecule has 0 aliphatic carbocycles. The summed E-state index contributed by atoms with van der Waals surface area (Å²) in [5.74, 6) is 0.203. The summed E-state index contributed by atoms with van der Waals surface area (Å²) in [4.78, 5) is 15.9. The lowest BCUT2D eigenvalue weighted by Crippen LogP contribution is -2.31. The number of hydrogen-bond donors (Lipinski definition) is 2. The highest BCUT2D eigenvalue weighted by Gasteiger charge is 2.07. The predicted molar refractivity (Wildman–Crippen MR) is 77.2 cm³/mol. The van der Waals surface area contributed by atoms with Gasteiger partial charge in [0.15, 0.2) is 0 Å². The fourth-order valence-electron chi connectivity index (χ4n) is 1.65. The van der Waals surface area contributed by atoms with E-state index in [2.05, 4.69) is 10.3 Å². The molecule has 2 rings (SSSR count). The van der Waals surface area contributed by atoms with Crippen molar-refractivity contribution in [2.24, 2.45) is 0 Å². The molecule has 2 N–H and O–H groups in total. The van der Waals surface area contributed by atoms with E-state index in [1.54, 1.807) is 13.1 Å². The fraction of sp³-hybridized carbons (Fsp3) is 0.286. The van der Waals surface area contributed by atoms with Crippen LogP contribution in [0, 0.1) is 0 Å². The molecule has 1 aromatic carbocycles. The van der Waals surface area contributed by atoms with E-state index in [0.29, 0.717) is 5.75 Å². The summed E-state index contributed by atoms with van der Waals surface area (Å²) in [6.07, 6.45) is 1.22. The molecule has 0 aliphatic heterocycles. The molecule has 0 spiro atoms. The summed E-state index contributed by atoms with van der Waals surface area (Å²) in [7, 11) is 0. The van der Waals surface area contributed by atoms with Gasteiger partial charge in [0.25, 0.3) is 0 Å². The number of aromatic nitrogens is 1. The van der Waals surface area contributed by atoms with Gasteiger partial charge in [-0.25, -0.2) is 4.98 Å². The molecule has 1 amide bonds. The van der Waals surface area contributed by atoms with Crippen molar-refractivity contribution in [1.29, 1.82) is 0 Å². The molecule has 1 aromatic heterocycles. The number of thioether (sulfide) groups is 1. The number of carbonyl (C=O) groups is 1. The second-order valence-corrected chi connectivity index (χ2v) is 5.24. The van der Waals surface area contributed by atoms with Crippen molar-refractivity contribution >= 4 is 28.4 Å². The van der Waals surface area contributed by atoms with Crippen LogP contribution in [0.1, 0.15) is 6.92 Å². The van der Waals surface area contributed by atoms with Crippen LogP contribution in [0.4, 0.5) is 0 Å². The lowest BCUT2D eigenvalue weighted by molar-refractivity contribution is -0.118. The summed E-state index contributed by atoms with van der Waals surface area (Å²) >= 11 is 1.40. The third-order valence-electron chi connectivity index (χ3n) is 2.57. The molecule has 0 saturated heterocycles. The predicted octanol–water partition coefficient (Wildman–Crippen LogP) is 1.82. The van der Waals surface area contributed by atoms with Crippen molar-refractivity contribution in [1.82, 2.24) is 10.3 Å². The average Bonchev–Trinajstić information content (AvgIpc) is 2.42. The Kier molecular flexibility index (Phi) is 4.76.